The summed E-state index contributed by atoms with van der Waals surface area (Å²) in [4.78, 5) is 13.9. The zero-order valence-electron chi connectivity index (χ0n) is 10.1. The van der Waals surface area contributed by atoms with Crippen LogP contribution in [0.25, 0.3) is 0 Å². The van der Waals surface area contributed by atoms with Gasteiger partial charge < -0.3 is 10.2 Å². The summed E-state index contributed by atoms with van der Waals surface area (Å²) in [6.45, 7) is 3.64. The molecule has 0 spiro atoms. The lowest BCUT2D eigenvalue weighted by molar-refractivity contribution is -0.137. The quantitative estimate of drug-likeness (QED) is 0.893. The number of hydrogen-bond donors (Lipinski definition) is 1. The minimum atomic E-state index is 0.0837. The Labute approximate surface area is 107 Å². The molecule has 4 heteroatoms. The van der Waals surface area contributed by atoms with Gasteiger partial charge in [0.25, 0.3) is 0 Å². The Morgan fingerprint density at radius 3 is 2.47 bits per heavy atom. The molecule has 1 heterocycles. The molecule has 3 nitrogen and oxygen atoms in total. The van der Waals surface area contributed by atoms with Crippen LogP contribution in [0.15, 0.2) is 24.3 Å². The first-order valence-electron chi connectivity index (χ1n) is 5.82. The van der Waals surface area contributed by atoms with Crippen molar-refractivity contribution < 1.29 is 4.79 Å². The average molecular weight is 253 g/mol. The Morgan fingerprint density at radius 2 is 2.00 bits per heavy atom. The molecule has 0 saturated carbocycles. The van der Waals surface area contributed by atoms with Gasteiger partial charge in [0, 0.05) is 25.2 Å². The number of benzene rings is 1. The van der Waals surface area contributed by atoms with E-state index in [1.807, 2.05) is 43.1 Å². The van der Waals surface area contributed by atoms with Crippen LogP contribution >= 0.6 is 11.6 Å². The van der Waals surface area contributed by atoms with Crippen LogP contribution in [0.3, 0.4) is 0 Å². The van der Waals surface area contributed by atoms with Gasteiger partial charge in [0.2, 0.25) is 5.91 Å². The van der Waals surface area contributed by atoms with Crippen LogP contribution in [0, 0.1) is 5.92 Å². The number of halogens is 1. The van der Waals surface area contributed by atoms with E-state index in [9.17, 15) is 4.79 Å². The second-order valence-corrected chi connectivity index (χ2v) is 4.97. The van der Waals surface area contributed by atoms with E-state index < -0.39 is 0 Å². The predicted octanol–water partition coefficient (Wildman–Crippen LogP) is 2.08. The largest absolute Gasteiger partial charge is 0.339 e. The molecule has 2 rings (SSSR count). The second-order valence-electron chi connectivity index (χ2n) is 4.53. The van der Waals surface area contributed by atoms with Crippen LogP contribution in [0.2, 0.25) is 5.02 Å². The first-order chi connectivity index (χ1) is 8.09. The molecule has 0 bridgehead atoms. The Hall–Kier alpha value is -1.06. The van der Waals surface area contributed by atoms with Crippen molar-refractivity contribution in [2.75, 3.05) is 20.1 Å². The molecule has 0 aromatic heterocycles. The average Bonchev–Trinajstić information content (AvgIpc) is 2.25. The van der Waals surface area contributed by atoms with Crippen LogP contribution in [-0.4, -0.2) is 30.9 Å². The monoisotopic (exact) mass is 252 g/mol. The summed E-state index contributed by atoms with van der Waals surface area (Å²) < 4.78 is 0. The molecule has 1 fully saturated rings. The molecule has 0 aliphatic carbocycles. The summed E-state index contributed by atoms with van der Waals surface area (Å²) in [7, 11) is 1.86. The van der Waals surface area contributed by atoms with Gasteiger partial charge in [-0.1, -0.05) is 23.7 Å². The van der Waals surface area contributed by atoms with Crippen LogP contribution in [0.4, 0.5) is 0 Å². The molecule has 1 atom stereocenters. The van der Waals surface area contributed by atoms with E-state index in [1.54, 1.807) is 0 Å². The first-order valence-corrected chi connectivity index (χ1v) is 6.20. The van der Waals surface area contributed by atoms with Gasteiger partial charge in [-0.25, -0.2) is 0 Å². The number of nitrogens with one attached hydrogen (secondary N) is 1. The molecule has 0 radical (unpaired) electrons. The predicted molar refractivity (Wildman–Crippen MR) is 69.0 cm³/mol. The SMILES string of the molecule is CC(c1ccc(Cl)cc1)N(C)C(=O)C1CNC1. The van der Waals surface area contributed by atoms with Crippen molar-refractivity contribution in [2.24, 2.45) is 5.92 Å². The van der Waals surface area contributed by atoms with Gasteiger partial charge in [-0.2, -0.15) is 0 Å². The Kier molecular flexibility index (Phi) is 3.69. The molecule has 1 aliphatic rings. The van der Waals surface area contributed by atoms with Gasteiger partial charge in [0.05, 0.1) is 12.0 Å². The highest BCUT2D eigenvalue weighted by Crippen LogP contribution is 2.22. The third-order valence-corrected chi connectivity index (χ3v) is 3.66. The van der Waals surface area contributed by atoms with E-state index in [1.165, 1.54) is 0 Å². The summed E-state index contributed by atoms with van der Waals surface area (Å²) in [5, 5.41) is 3.84. The summed E-state index contributed by atoms with van der Waals surface area (Å²) in [6.07, 6.45) is 0. The van der Waals surface area contributed by atoms with Gasteiger partial charge in [-0.05, 0) is 24.6 Å². The number of amides is 1. The Bertz CT molecular complexity index is 400. The fourth-order valence-corrected chi connectivity index (χ4v) is 2.03. The van der Waals surface area contributed by atoms with Crippen molar-refractivity contribution >= 4 is 17.5 Å². The molecular weight excluding hydrogens is 236 g/mol. The summed E-state index contributed by atoms with van der Waals surface area (Å²) in [6, 6.07) is 7.74. The maximum absolute atomic E-state index is 12.1. The fourth-order valence-electron chi connectivity index (χ4n) is 1.91. The van der Waals surface area contributed by atoms with Gasteiger partial charge in [0.15, 0.2) is 0 Å². The fraction of sp³-hybridized carbons (Fsp3) is 0.462. The molecule has 1 saturated heterocycles. The molecule has 17 heavy (non-hydrogen) atoms. The van der Waals surface area contributed by atoms with Crippen molar-refractivity contribution in [1.29, 1.82) is 0 Å². The lowest BCUT2D eigenvalue weighted by Crippen LogP contribution is -2.51. The molecule has 92 valence electrons. The molecule has 1 aliphatic heterocycles. The lowest BCUT2D eigenvalue weighted by atomic mass is 9.99. The number of carbonyl (C=O) groups excluding carboxylic acids is 1. The smallest absolute Gasteiger partial charge is 0.228 e. The molecule has 1 aromatic carbocycles. The summed E-state index contributed by atoms with van der Waals surface area (Å²) in [5.74, 6) is 0.362. The van der Waals surface area contributed by atoms with E-state index in [4.69, 9.17) is 11.6 Å². The highest BCUT2D eigenvalue weighted by Gasteiger charge is 2.29. The van der Waals surface area contributed by atoms with Gasteiger partial charge in [-0.15, -0.1) is 0 Å². The standard InChI is InChI=1S/C13H17ClN2O/c1-9(10-3-5-12(14)6-4-10)16(2)13(17)11-7-15-8-11/h3-6,9,11,15H,7-8H2,1-2H3. The first kappa shape index (κ1) is 12.4. The van der Waals surface area contributed by atoms with Crippen LogP contribution in [-0.2, 0) is 4.79 Å². The minimum absolute atomic E-state index is 0.0837. The molecule has 1 aromatic rings. The van der Waals surface area contributed by atoms with E-state index in [2.05, 4.69) is 5.32 Å². The molecular formula is C13H17ClN2O. The second kappa shape index (κ2) is 5.07. The van der Waals surface area contributed by atoms with Crippen LogP contribution < -0.4 is 5.32 Å². The van der Waals surface area contributed by atoms with Crippen molar-refractivity contribution in [3.63, 3.8) is 0 Å². The highest BCUT2D eigenvalue weighted by atomic mass is 35.5. The Morgan fingerprint density at radius 1 is 1.41 bits per heavy atom. The minimum Gasteiger partial charge on any atom is -0.339 e. The van der Waals surface area contributed by atoms with E-state index in [-0.39, 0.29) is 17.9 Å². The van der Waals surface area contributed by atoms with Gasteiger partial charge >= 0.3 is 0 Å². The normalized spacial score (nSPS) is 17.4. The molecule has 1 N–H and O–H groups in total. The van der Waals surface area contributed by atoms with Gasteiger partial charge in [-0.3, -0.25) is 4.79 Å². The lowest BCUT2D eigenvalue weighted by Gasteiger charge is -2.33. The summed E-state index contributed by atoms with van der Waals surface area (Å²) in [5.41, 5.74) is 1.11. The van der Waals surface area contributed by atoms with E-state index in [0.29, 0.717) is 0 Å². The number of hydrogen-bond acceptors (Lipinski definition) is 2. The van der Waals surface area contributed by atoms with Crippen molar-refractivity contribution in [3.8, 4) is 0 Å². The number of rotatable bonds is 3. The third-order valence-electron chi connectivity index (χ3n) is 3.41. The zero-order valence-corrected chi connectivity index (χ0v) is 10.9. The highest BCUT2D eigenvalue weighted by molar-refractivity contribution is 6.30. The third kappa shape index (κ3) is 2.61. The molecule has 1 amide bonds. The number of nitrogens with zero attached hydrogens (tertiary/aromatic N) is 1. The summed E-state index contributed by atoms with van der Waals surface area (Å²) >= 11 is 5.85. The van der Waals surface area contributed by atoms with E-state index in [0.717, 1.165) is 23.7 Å². The maximum Gasteiger partial charge on any atom is 0.228 e. The van der Waals surface area contributed by atoms with Crippen molar-refractivity contribution in [2.45, 2.75) is 13.0 Å². The maximum atomic E-state index is 12.1. The van der Waals surface area contributed by atoms with Crippen molar-refractivity contribution in [1.82, 2.24) is 10.2 Å². The number of carbonyl (C=O) groups is 1. The van der Waals surface area contributed by atoms with Crippen LogP contribution in [0.1, 0.15) is 18.5 Å². The van der Waals surface area contributed by atoms with Crippen LogP contribution in [0.5, 0.6) is 0 Å². The van der Waals surface area contributed by atoms with Gasteiger partial charge in [0.1, 0.15) is 0 Å². The Balaban J connectivity index is 2.05. The van der Waals surface area contributed by atoms with Crippen molar-refractivity contribution in [3.05, 3.63) is 34.9 Å². The van der Waals surface area contributed by atoms with E-state index >= 15 is 0 Å². The zero-order chi connectivity index (χ0) is 12.4. The topological polar surface area (TPSA) is 32.3 Å². The molecule has 1 unspecified atom stereocenters.